The fraction of sp³-hybridized carbons (Fsp3) is 0.103. The first-order valence-electron chi connectivity index (χ1n) is 11.2. The molecule has 0 aliphatic carbocycles. The molecule has 0 aromatic heterocycles. The SMILES string of the molecule is COC(=O)c1ccc(-c2cc(-c3ccc(C)cc3)c(S(=O)(=O)O)c(-c3ccc(C(=O)OC)cc3)c2)cc1. The van der Waals surface area contributed by atoms with Crippen molar-refractivity contribution in [3.8, 4) is 33.4 Å². The number of esters is 2. The molecule has 1 N–H and O–H groups in total. The van der Waals surface area contributed by atoms with Crippen LogP contribution in [0.25, 0.3) is 33.4 Å². The molecule has 4 aromatic carbocycles. The number of carbonyl (C=O) groups excluding carboxylic acids is 2. The molecule has 37 heavy (non-hydrogen) atoms. The summed E-state index contributed by atoms with van der Waals surface area (Å²) in [5.74, 6) is -0.999. The molecule has 0 unspecified atom stereocenters. The van der Waals surface area contributed by atoms with Crippen LogP contribution in [0.15, 0.2) is 89.8 Å². The molecule has 0 aliphatic rings. The summed E-state index contributed by atoms with van der Waals surface area (Å²) in [6, 6.07) is 23.6. The second-order valence-electron chi connectivity index (χ2n) is 8.38. The Morgan fingerprint density at radius 3 is 1.38 bits per heavy atom. The molecule has 0 spiro atoms. The van der Waals surface area contributed by atoms with Gasteiger partial charge in [-0.3, -0.25) is 4.55 Å². The predicted octanol–water partition coefficient (Wildman–Crippen LogP) is 5.82. The average Bonchev–Trinajstić information content (AvgIpc) is 2.91. The summed E-state index contributed by atoms with van der Waals surface area (Å²) in [5.41, 5.74) is 4.67. The van der Waals surface area contributed by atoms with Crippen molar-refractivity contribution < 1.29 is 32.0 Å². The Labute approximate surface area is 215 Å². The van der Waals surface area contributed by atoms with E-state index in [1.165, 1.54) is 26.4 Å². The third-order valence-electron chi connectivity index (χ3n) is 5.97. The van der Waals surface area contributed by atoms with Crippen LogP contribution in [0.4, 0.5) is 0 Å². The maximum absolute atomic E-state index is 12.7. The number of hydrogen-bond donors (Lipinski definition) is 1. The van der Waals surface area contributed by atoms with E-state index in [-0.39, 0.29) is 10.5 Å². The van der Waals surface area contributed by atoms with Crippen molar-refractivity contribution >= 4 is 22.1 Å². The molecule has 0 aliphatic heterocycles. The molecule has 0 bridgehead atoms. The van der Waals surface area contributed by atoms with Crippen molar-refractivity contribution in [2.24, 2.45) is 0 Å². The van der Waals surface area contributed by atoms with Crippen LogP contribution in [0, 0.1) is 6.92 Å². The molecule has 188 valence electrons. The number of aryl methyl sites for hydroxylation is 1. The summed E-state index contributed by atoms with van der Waals surface area (Å²) in [6.07, 6.45) is 0. The van der Waals surface area contributed by atoms with E-state index >= 15 is 0 Å². The van der Waals surface area contributed by atoms with Crippen molar-refractivity contribution in [2.45, 2.75) is 11.8 Å². The van der Waals surface area contributed by atoms with E-state index in [9.17, 15) is 22.6 Å². The van der Waals surface area contributed by atoms with E-state index in [0.29, 0.717) is 33.4 Å². The normalized spacial score (nSPS) is 11.1. The van der Waals surface area contributed by atoms with Crippen LogP contribution in [-0.2, 0) is 19.6 Å². The number of hydrogen-bond acceptors (Lipinski definition) is 6. The Bertz CT molecular complexity index is 1570. The minimum Gasteiger partial charge on any atom is -0.465 e. The molecule has 0 saturated heterocycles. The Hall–Kier alpha value is -4.27. The van der Waals surface area contributed by atoms with Gasteiger partial charge in [0.2, 0.25) is 0 Å². The summed E-state index contributed by atoms with van der Waals surface area (Å²) >= 11 is 0. The average molecular weight is 517 g/mol. The molecule has 0 saturated carbocycles. The van der Waals surface area contributed by atoms with Gasteiger partial charge in [0, 0.05) is 11.1 Å². The zero-order valence-electron chi connectivity index (χ0n) is 20.4. The second-order valence-corrected chi connectivity index (χ2v) is 9.74. The third-order valence-corrected chi connectivity index (χ3v) is 6.92. The second kappa shape index (κ2) is 10.4. The summed E-state index contributed by atoms with van der Waals surface area (Å²) in [5, 5.41) is 0. The largest absolute Gasteiger partial charge is 0.465 e. The standard InChI is InChI=1S/C29H24O7S/c1-18-4-6-20(7-5-18)25-16-24(19-8-12-22(13-9-19)28(30)35-2)17-26(27(25)37(32,33)34)21-10-14-23(15-11-21)29(31)36-3/h4-17H,1-3H3,(H,32,33,34). The van der Waals surface area contributed by atoms with Crippen molar-refractivity contribution in [1.82, 2.24) is 0 Å². The highest BCUT2D eigenvalue weighted by molar-refractivity contribution is 7.86. The summed E-state index contributed by atoms with van der Waals surface area (Å²) in [4.78, 5) is 23.5. The highest BCUT2D eigenvalue weighted by Gasteiger charge is 2.24. The Kier molecular flexibility index (Phi) is 7.24. The lowest BCUT2D eigenvalue weighted by molar-refractivity contribution is 0.0592. The molecule has 0 fully saturated rings. The van der Waals surface area contributed by atoms with Crippen LogP contribution in [0.3, 0.4) is 0 Å². The van der Waals surface area contributed by atoms with Crippen LogP contribution in [0.2, 0.25) is 0 Å². The molecule has 7 nitrogen and oxygen atoms in total. The molecule has 0 amide bonds. The number of rotatable bonds is 6. The lowest BCUT2D eigenvalue weighted by Gasteiger charge is -2.17. The van der Waals surface area contributed by atoms with Gasteiger partial charge in [0.05, 0.1) is 25.3 Å². The highest BCUT2D eigenvalue weighted by atomic mass is 32.2. The number of methoxy groups -OCH3 is 2. The van der Waals surface area contributed by atoms with Gasteiger partial charge in [-0.15, -0.1) is 0 Å². The van der Waals surface area contributed by atoms with Gasteiger partial charge in [-0.25, -0.2) is 9.59 Å². The van der Waals surface area contributed by atoms with E-state index < -0.39 is 22.1 Å². The van der Waals surface area contributed by atoms with Crippen molar-refractivity contribution in [3.63, 3.8) is 0 Å². The van der Waals surface area contributed by atoms with Crippen LogP contribution in [-0.4, -0.2) is 39.1 Å². The molecule has 0 heterocycles. The number of carbonyl (C=O) groups is 2. The molecule has 4 aromatic rings. The first-order valence-corrected chi connectivity index (χ1v) is 12.7. The predicted molar refractivity (Wildman–Crippen MR) is 140 cm³/mol. The fourth-order valence-electron chi connectivity index (χ4n) is 4.06. The smallest absolute Gasteiger partial charge is 0.337 e. The number of benzene rings is 4. The quantitative estimate of drug-likeness (QED) is 0.254. The topological polar surface area (TPSA) is 107 Å². The van der Waals surface area contributed by atoms with E-state index in [1.807, 2.05) is 19.1 Å². The van der Waals surface area contributed by atoms with Crippen molar-refractivity contribution in [2.75, 3.05) is 14.2 Å². The lowest BCUT2D eigenvalue weighted by atomic mass is 9.92. The van der Waals surface area contributed by atoms with Crippen LogP contribution in [0.5, 0.6) is 0 Å². The lowest BCUT2D eigenvalue weighted by Crippen LogP contribution is -2.05. The monoisotopic (exact) mass is 516 g/mol. The number of ether oxygens (including phenoxy) is 2. The molecule has 4 rings (SSSR count). The van der Waals surface area contributed by atoms with Crippen molar-refractivity contribution in [3.05, 3.63) is 102 Å². The molecule has 0 atom stereocenters. The molecular weight excluding hydrogens is 492 g/mol. The minimum absolute atomic E-state index is 0.253. The van der Waals surface area contributed by atoms with Crippen LogP contribution >= 0.6 is 0 Å². The maximum Gasteiger partial charge on any atom is 0.337 e. The minimum atomic E-state index is -4.67. The highest BCUT2D eigenvalue weighted by Crippen LogP contribution is 2.40. The molecule has 8 heteroatoms. The first kappa shape index (κ1) is 25.8. The van der Waals surface area contributed by atoms with Gasteiger partial charge in [0.25, 0.3) is 10.1 Å². The van der Waals surface area contributed by atoms with Crippen LogP contribution < -0.4 is 0 Å². The van der Waals surface area contributed by atoms with Gasteiger partial charge in [0.1, 0.15) is 4.90 Å². The third kappa shape index (κ3) is 5.45. The maximum atomic E-state index is 12.7. The van der Waals surface area contributed by atoms with E-state index in [1.54, 1.807) is 60.7 Å². The zero-order valence-corrected chi connectivity index (χ0v) is 21.2. The summed E-state index contributed by atoms with van der Waals surface area (Å²) < 4.78 is 45.3. The summed E-state index contributed by atoms with van der Waals surface area (Å²) in [6.45, 7) is 1.92. The van der Waals surface area contributed by atoms with E-state index in [0.717, 1.165) is 11.1 Å². The Balaban J connectivity index is 2.00. The van der Waals surface area contributed by atoms with Gasteiger partial charge >= 0.3 is 11.9 Å². The Morgan fingerprint density at radius 2 is 1.00 bits per heavy atom. The van der Waals surface area contributed by atoms with Gasteiger partial charge in [0.15, 0.2) is 0 Å². The van der Waals surface area contributed by atoms with Gasteiger partial charge in [-0.05, 0) is 65.6 Å². The van der Waals surface area contributed by atoms with Crippen molar-refractivity contribution in [1.29, 1.82) is 0 Å². The fourth-order valence-corrected chi connectivity index (χ4v) is 4.97. The summed E-state index contributed by atoms with van der Waals surface area (Å²) in [7, 11) is -2.10. The first-order chi connectivity index (χ1) is 17.6. The van der Waals surface area contributed by atoms with E-state index in [2.05, 4.69) is 0 Å². The molecule has 0 radical (unpaired) electrons. The Morgan fingerprint density at radius 1 is 0.622 bits per heavy atom. The zero-order chi connectivity index (χ0) is 26.7. The van der Waals surface area contributed by atoms with Crippen LogP contribution in [0.1, 0.15) is 26.3 Å². The van der Waals surface area contributed by atoms with Gasteiger partial charge in [-0.2, -0.15) is 8.42 Å². The van der Waals surface area contributed by atoms with Gasteiger partial charge in [-0.1, -0.05) is 54.1 Å². The van der Waals surface area contributed by atoms with E-state index in [4.69, 9.17) is 9.47 Å². The molecular formula is C29H24O7S. The van der Waals surface area contributed by atoms with Gasteiger partial charge < -0.3 is 9.47 Å².